The first-order valence-electron chi connectivity index (χ1n) is 7.18. The molecule has 2 atom stereocenters. The molecule has 8 nitrogen and oxygen atoms in total. The normalized spacial score (nSPS) is 23.5. The van der Waals surface area contributed by atoms with Gasteiger partial charge in [-0.05, 0) is 12.5 Å². The van der Waals surface area contributed by atoms with E-state index < -0.39 is 29.8 Å². The molecule has 2 N–H and O–H groups in total. The minimum Gasteiger partial charge on any atom is -0.463 e. The highest BCUT2D eigenvalue weighted by Gasteiger charge is 2.61. The number of carbonyl (C=O) groups is 3. The van der Waals surface area contributed by atoms with Crippen LogP contribution in [0.15, 0.2) is 35.5 Å². The monoisotopic (exact) mass is 337 g/mol. The van der Waals surface area contributed by atoms with E-state index in [9.17, 15) is 18.8 Å². The molecule has 1 aliphatic heterocycles. The molecule has 1 fully saturated rings. The van der Waals surface area contributed by atoms with Crippen molar-refractivity contribution in [2.24, 2.45) is 5.16 Å². The molecule has 1 heterocycles. The van der Waals surface area contributed by atoms with Crippen LogP contribution in [0.5, 0.6) is 0 Å². The summed E-state index contributed by atoms with van der Waals surface area (Å²) in [7, 11) is 0. The van der Waals surface area contributed by atoms with Gasteiger partial charge in [-0.25, -0.2) is 14.0 Å². The van der Waals surface area contributed by atoms with E-state index in [0.717, 1.165) is 5.56 Å². The number of carbonyl (C=O) groups excluding carboxylic acids is 3. The van der Waals surface area contributed by atoms with Crippen LogP contribution >= 0.6 is 0 Å². The van der Waals surface area contributed by atoms with E-state index in [-0.39, 0.29) is 6.61 Å². The number of amides is 3. The average Bonchev–Trinajstić information content (AvgIpc) is 2.56. The fourth-order valence-electron chi connectivity index (χ4n) is 1.96. The standard InChI is InChI=1S/C15H16FN3O5/c1-2-23-13(21)15(16)11(20)18-14(22)19-12(15)24-17-9-8-10-6-4-3-5-7-10/h3-7,9,12H,2,8H2,1H3,(H2,18,19,20,22). The molecule has 128 valence electrons. The maximum absolute atomic E-state index is 14.8. The zero-order valence-corrected chi connectivity index (χ0v) is 12.8. The summed E-state index contributed by atoms with van der Waals surface area (Å²) in [5, 5.41) is 7.18. The van der Waals surface area contributed by atoms with Gasteiger partial charge in [-0.1, -0.05) is 35.5 Å². The van der Waals surface area contributed by atoms with Crippen LogP contribution in [0.4, 0.5) is 9.18 Å². The lowest BCUT2D eigenvalue weighted by atomic mass is 10.0. The predicted octanol–water partition coefficient (Wildman–Crippen LogP) is 0.668. The van der Waals surface area contributed by atoms with Gasteiger partial charge in [0.1, 0.15) is 0 Å². The largest absolute Gasteiger partial charge is 0.463 e. The Bertz CT molecular complexity index is 652. The molecule has 0 radical (unpaired) electrons. The molecule has 0 spiro atoms. The van der Waals surface area contributed by atoms with Crippen LogP contribution < -0.4 is 10.6 Å². The van der Waals surface area contributed by atoms with Crippen LogP contribution in [0.2, 0.25) is 0 Å². The van der Waals surface area contributed by atoms with Crippen LogP contribution in [0.25, 0.3) is 0 Å². The maximum Gasteiger partial charge on any atom is 0.360 e. The Balaban J connectivity index is 2.07. The lowest BCUT2D eigenvalue weighted by Crippen LogP contribution is -2.70. The zero-order valence-electron chi connectivity index (χ0n) is 12.8. The van der Waals surface area contributed by atoms with E-state index in [1.165, 1.54) is 13.1 Å². The molecule has 2 unspecified atom stereocenters. The predicted molar refractivity (Wildman–Crippen MR) is 80.7 cm³/mol. The van der Waals surface area contributed by atoms with Gasteiger partial charge >= 0.3 is 17.7 Å². The molecule has 3 amide bonds. The fraction of sp³-hybridized carbons (Fsp3) is 0.333. The lowest BCUT2D eigenvalue weighted by molar-refractivity contribution is -0.179. The van der Waals surface area contributed by atoms with E-state index in [4.69, 9.17) is 4.84 Å². The van der Waals surface area contributed by atoms with Gasteiger partial charge < -0.3 is 9.57 Å². The number of hydrogen-bond donors (Lipinski definition) is 2. The van der Waals surface area contributed by atoms with Gasteiger partial charge in [0.15, 0.2) is 0 Å². The van der Waals surface area contributed by atoms with Crippen LogP contribution in [0.3, 0.4) is 0 Å². The molecule has 24 heavy (non-hydrogen) atoms. The molecule has 1 saturated heterocycles. The van der Waals surface area contributed by atoms with Crippen molar-refractivity contribution in [3.05, 3.63) is 35.9 Å². The van der Waals surface area contributed by atoms with Crippen LogP contribution in [-0.2, 0) is 25.6 Å². The topological polar surface area (TPSA) is 106 Å². The Hall–Kier alpha value is -2.97. The number of esters is 1. The quantitative estimate of drug-likeness (QED) is 0.343. The molecule has 0 bridgehead atoms. The van der Waals surface area contributed by atoms with Crippen molar-refractivity contribution in [3.8, 4) is 0 Å². The Morgan fingerprint density at radius 1 is 1.38 bits per heavy atom. The number of nitrogens with one attached hydrogen (secondary N) is 2. The summed E-state index contributed by atoms with van der Waals surface area (Å²) in [4.78, 5) is 39.6. The first kappa shape index (κ1) is 17.4. The Kier molecular flexibility index (Phi) is 5.46. The summed E-state index contributed by atoms with van der Waals surface area (Å²) in [6.45, 7) is 1.31. The highest BCUT2D eigenvalue weighted by atomic mass is 19.1. The molecule has 0 saturated carbocycles. The summed E-state index contributed by atoms with van der Waals surface area (Å²) in [5.41, 5.74) is -2.30. The number of ether oxygens (including phenoxy) is 1. The number of rotatable bonds is 6. The van der Waals surface area contributed by atoms with Crippen LogP contribution in [0.1, 0.15) is 12.5 Å². The minimum atomic E-state index is -3.23. The SMILES string of the molecule is CCOC(=O)C1(F)C(=O)NC(=O)NC1ON=CCc1ccccc1. The third-order valence-electron chi connectivity index (χ3n) is 3.16. The Labute approximate surface area is 137 Å². The van der Waals surface area contributed by atoms with Crippen molar-refractivity contribution >= 4 is 24.1 Å². The van der Waals surface area contributed by atoms with Gasteiger partial charge in [-0.15, -0.1) is 0 Å². The second-order valence-electron chi connectivity index (χ2n) is 4.82. The molecule has 2 rings (SSSR count). The third kappa shape index (κ3) is 3.67. The smallest absolute Gasteiger partial charge is 0.360 e. The Morgan fingerprint density at radius 2 is 2.08 bits per heavy atom. The first-order valence-corrected chi connectivity index (χ1v) is 7.18. The van der Waals surface area contributed by atoms with Crippen LogP contribution in [-0.4, -0.2) is 42.6 Å². The second-order valence-corrected chi connectivity index (χ2v) is 4.82. The number of nitrogens with zero attached hydrogens (tertiary/aromatic N) is 1. The molecule has 9 heteroatoms. The summed E-state index contributed by atoms with van der Waals surface area (Å²) < 4.78 is 19.4. The molecule has 1 aliphatic rings. The molecule has 0 aromatic heterocycles. The molecular weight excluding hydrogens is 321 g/mol. The van der Waals surface area contributed by atoms with Crippen molar-refractivity contribution in [2.45, 2.75) is 25.2 Å². The maximum atomic E-state index is 14.8. The van der Waals surface area contributed by atoms with Gasteiger partial charge in [0.25, 0.3) is 12.1 Å². The highest BCUT2D eigenvalue weighted by Crippen LogP contribution is 2.23. The van der Waals surface area contributed by atoms with E-state index in [1.54, 1.807) is 5.32 Å². The number of halogens is 1. The number of benzene rings is 1. The first-order chi connectivity index (χ1) is 11.5. The lowest BCUT2D eigenvalue weighted by Gasteiger charge is -2.32. The van der Waals surface area contributed by atoms with E-state index in [1.807, 2.05) is 35.6 Å². The molecular formula is C15H16FN3O5. The number of oxime groups is 1. The summed E-state index contributed by atoms with van der Waals surface area (Å²) in [6.07, 6.45) is -0.226. The number of alkyl halides is 1. The number of hydrogen-bond acceptors (Lipinski definition) is 6. The van der Waals surface area contributed by atoms with Gasteiger partial charge in [-0.3, -0.25) is 15.4 Å². The molecule has 1 aromatic carbocycles. The average molecular weight is 337 g/mol. The van der Waals surface area contributed by atoms with Crippen molar-refractivity contribution in [3.63, 3.8) is 0 Å². The minimum absolute atomic E-state index is 0.143. The summed E-state index contributed by atoms with van der Waals surface area (Å²) in [6, 6.07) is 8.22. The Morgan fingerprint density at radius 3 is 2.75 bits per heavy atom. The fourth-order valence-corrected chi connectivity index (χ4v) is 1.96. The van der Waals surface area contributed by atoms with Crippen molar-refractivity contribution in [1.29, 1.82) is 0 Å². The zero-order chi connectivity index (χ0) is 17.6. The van der Waals surface area contributed by atoms with E-state index in [2.05, 4.69) is 9.89 Å². The third-order valence-corrected chi connectivity index (χ3v) is 3.16. The molecule has 1 aromatic rings. The van der Waals surface area contributed by atoms with E-state index >= 15 is 0 Å². The molecule has 0 aliphatic carbocycles. The number of imide groups is 1. The van der Waals surface area contributed by atoms with Crippen molar-refractivity contribution in [1.82, 2.24) is 10.6 Å². The van der Waals surface area contributed by atoms with Gasteiger partial charge in [0.05, 0.1) is 6.61 Å². The van der Waals surface area contributed by atoms with E-state index in [0.29, 0.717) is 6.42 Å². The summed E-state index contributed by atoms with van der Waals surface area (Å²) in [5.74, 6) is -2.93. The van der Waals surface area contributed by atoms with Crippen molar-refractivity contribution < 1.29 is 28.3 Å². The van der Waals surface area contributed by atoms with Crippen molar-refractivity contribution in [2.75, 3.05) is 6.61 Å². The highest BCUT2D eigenvalue weighted by molar-refractivity contribution is 6.14. The number of urea groups is 1. The van der Waals surface area contributed by atoms with Gasteiger partial charge in [0, 0.05) is 12.6 Å². The van der Waals surface area contributed by atoms with Gasteiger partial charge in [-0.2, -0.15) is 0 Å². The van der Waals surface area contributed by atoms with Gasteiger partial charge in [0.2, 0.25) is 0 Å². The second kappa shape index (κ2) is 7.53. The van der Waals surface area contributed by atoms with Crippen LogP contribution in [0, 0.1) is 0 Å². The summed E-state index contributed by atoms with van der Waals surface area (Å²) >= 11 is 0.